The molecule has 2 atom stereocenters. The van der Waals surface area contributed by atoms with Crippen molar-refractivity contribution in [1.29, 1.82) is 0 Å². The van der Waals surface area contributed by atoms with E-state index in [0.29, 0.717) is 0 Å². The third-order valence-electron chi connectivity index (χ3n) is 3.66. The van der Waals surface area contributed by atoms with Crippen molar-refractivity contribution in [2.75, 3.05) is 0 Å². The molecule has 0 aliphatic heterocycles. The zero-order valence-corrected chi connectivity index (χ0v) is 12.5. The molecule has 0 fully saturated rings. The summed E-state index contributed by atoms with van der Waals surface area (Å²) in [5.41, 5.74) is 0.862. The molecule has 1 aromatic rings. The Bertz CT molecular complexity index is 348. The number of phenolic OH excluding ortho intramolecular Hbond substituents is 1. The lowest BCUT2D eigenvalue weighted by molar-refractivity contribution is 0.148. The topological polar surface area (TPSA) is 60.7 Å². The normalized spacial score (nSPS) is 14.2. The minimum Gasteiger partial charge on any atom is -0.508 e. The summed E-state index contributed by atoms with van der Waals surface area (Å²) in [5, 5.41) is 28.8. The predicted molar refractivity (Wildman–Crippen MR) is 81.7 cm³/mol. The Kier molecular flexibility index (Phi) is 8.31. The highest BCUT2D eigenvalue weighted by Gasteiger charge is 2.07. The first-order valence-electron chi connectivity index (χ1n) is 7.78. The van der Waals surface area contributed by atoms with Crippen LogP contribution in [0.4, 0.5) is 0 Å². The van der Waals surface area contributed by atoms with Crippen LogP contribution >= 0.6 is 0 Å². The van der Waals surface area contributed by atoms with Crippen molar-refractivity contribution in [3.05, 3.63) is 29.8 Å². The molecule has 3 N–H and O–H groups in total. The van der Waals surface area contributed by atoms with E-state index < -0.39 is 6.10 Å². The first-order valence-corrected chi connectivity index (χ1v) is 7.78. The molecule has 2 unspecified atom stereocenters. The van der Waals surface area contributed by atoms with Crippen LogP contribution in [0.1, 0.15) is 70.0 Å². The standard InChI is InChI=1S/C17H28O3/c1-2-7-15(18)8-5-3-4-6-9-17(20)14-10-12-16(19)13-11-14/h10-13,15,17-20H,2-9H2,1H3. The minimum atomic E-state index is -0.443. The molecule has 114 valence electrons. The van der Waals surface area contributed by atoms with Crippen LogP contribution in [0.5, 0.6) is 5.75 Å². The third-order valence-corrected chi connectivity index (χ3v) is 3.66. The van der Waals surface area contributed by atoms with Gasteiger partial charge in [-0.05, 0) is 37.0 Å². The minimum absolute atomic E-state index is 0.136. The fraction of sp³-hybridized carbons (Fsp3) is 0.647. The number of hydrogen-bond donors (Lipinski definition) is 3. The van der Waals surface area contributed by atoms with Gasteiger partial charge in [0.25, 0.3) is 0 Å². The van der Waals surface area contributed by atoms with E-state index in [2.05, 4.69) is 6.92 Å². The molecular weight excluding hydrogens is 252 g/mol. The zero-order valence-electron chi connectivity index (χ0n) is 12.5. The summed E-state index contributed by atoms with van der Waals surface area (Å²) in [6.07, 6.45) is 7.28. The van der Waals surface area contributed by atoms with Gasteiger partial charge in [0.2, 0.25) is 0 Å². The molecule has 0 spiro atoms. The lowest BCUT2D eigenvalue weighted by atomic mass is 10.0. The van der Waals surface area contributed by atoms with Gasteiger partial charge in [-0.15, -0.1) is 0 Å². The lowest BCUT2D eigenvalue weighted by Gasteiger charge is -2.11. The Balaban J connectivity index is 2.07. The highest BCUT2D eigenvalue weighted by Crippen LogP contribution is 2.22. The molecule has 0 heterocycles. The van der Waals surface area contributed by atoms with Crippen LogP contribution in [0.15, 0.2) is 24.3 Å². The van der Waals surface area contributed by atoms with Crippen LogP contribution in [-0.4, -0.2) is 21.4 Å². The fourth-order valence-electron chi connectivity index (χ4n) is 2.41. The molecule has 3 nitrogen and oxygen atoms in total. The second-order valence-electron chi connectivity index (χ2n) is 5.54. The molecule has 0 amide bonds. The third kappa shape index (κ3) is 6.92. The second kappa shape index (κ2) is 9.78. The monoisotopic (exact) mass is 280 g/mol. The maximum absolute atomic E-state index is 10.0. The molecule has 0 aliphatic carbocycles. The van der Waals surface area contributed by atoms with Crippen molar-refractivity contribution in [3.63, 3.8) is 0 Å². The van der Waals surface area contributed by atoms with E-state index in [1.807, 2.05) is 0 Å². The van der Waals surface area contributed by atoms with Gasteiger partial charge in [0.05, 0.1) is 12.2 Å². The Morgan fingerprint density at radius 3 is 2.05 bits per heavy atom. The first kappa shape index (κ1) is 17.0. The van der Waals surface area contributed by atoms with Crippen molar-refractivity contribution in [1.82, 2.24) is 0 Å². The van der Waals surface area contributed by atoms with E-state index in [-0.39, 0.29) is 11.9 Å². The average molecular weight is 280 g/mol. The number of phenols is 1. The van der Waals surface area contributed by atoms with Crippen LogP contribution in [0, 0.1) is 0 Å². The number of benzene rings is 1. The summed E-state index contributed by atoms with van der Waals surface area (Å²) in [7, 11) is 0. The van der Waals surface area contributed by atoms with Gasteiger partial charge in [0.15, 0.2) is 0 Å². The van der Waals surface area contributed by atoms with E-state index in [0.717, 1.165) is 56.9 Å². The maximum atomic E-state index is 10.0. The summed E-state index contributed by atoms with van der Waals surface area (Å²) >= 11 is 0. The van der Waals surface area contributed by atoms with Gasteiger partial charge in [-0.25, -0.2) is 0 Å². The van der Waals surface area contributed by atoms with Gasteiger partial charge < -0.3 is 15.3 Å². The summed E-state index contributed by atoms with van der Waals surface area (Å²) in [6.45, 7) is 2.09. The highest BCUT2D eigenvalue weighted by molar-refractivity contribution is 5.27. The Morgan fingerprint density at radius 1 is 0.850 bits per heavy atom. The number of aliphatic hydroxyl groups is 2. The van der Waals surface area contributed by atoms with Gasteiger partial charge in [-0.2, -0.15) is 0 Å². The summed E-state index contributed by atoms with van der Waals surface area (Å²) < 4.78 is 0. The Labute approximate surface area is 122 Å². The summed E-state index contributed by atoms with van der Waals surface area (Å²) in [5.74, 6) is 0.228. The van der Waals surface area contributed by atoms with Crippen molar-refractivity contribution in [3.8, 4) is 5.75 Å². The molecule has 0 bridgehead atoms. The first-order chi connectivity index (χ1) is 9.63. The zero-order chi connectivity index (χ0) is 14.8. The predicted octanol–water partition coefficient (Wildman–Crippen LogP) is 3.93. The van der Waals surface area contributed by atoms with Crippen LogP contribution in [0.3, 0.4) is 0 Å². The van der Waals surface area contributed by atoms with Crippen molar-refractivity contribution in [2.45, 2.75) is 70.5 Å². The van der Waals surface area contributed by atoms with Gasteiger partial charge in [-0.3, -0.25) is 0 Å². The van der Waals surface area contributed by atoms with E-state index in [1.165, 1.54) is 0 Å². The SMILES string of the molecule is CCCC(O)CCCCCCC(O)c1ccc(O)cc1. The second-order valence-corrected chi connectivity index (χ2v) is 5.54. The van der Waals surface area contributed by atoms with E-state index in [9.17, 15) is 15.3 Å². The van der Waals surface area contributed by atoms with Crippen molar-refractivity contribution < 1.29 is 15.3 Å². The maximum Gasteiger partial charge on any atom is 0.115 e. The number of aromatic hydroxyl groups is 1. The number of unbranched alkanes of at least 4 members (excludes halogenated alkanes) is 3. The molecule has 0 radical (unpaired) electrons. The smallest absolute Gasteiger partial charge is 0.115 e. The molecule has 0 aliphatic rings. The van der Waals surface area contributed by atoms with Crippen LogP contribution < -0.4 is 0 Å². The molecule has 0 saturated heterocycles. The molecular formula is C17H28O3. The molecule has 1 aromatic carbocycles. The number of rotatable bonds is 10. The summed E-state index contributed by atoms with van der Waals surface area (Å²) in [4.78, 5) is 0. The molecule has 0 aromatic heterocycles. The van der Waals surface area contributed by atoms with Crippen LogP contribution in [0.25, 0.3) is 0 Å². The molecule has 20 heavy (non-hydrogen) atoms. The Morgan fingerprint density at radius 2 is 1.45 bits per heavy atom. The van der Waals surface area contributed by atoms with E-state index in [4.69, 9.17) is 0 Å². The molecule has 1 rings (SSSR count). The average Bonchev–Trinajstić information content (AvgIpc) is 2.43. The highest BCUT2D eigenvalue weighted by atomic mass is 16.3. The van der Waals surface area contributed by atoms with E-state index >= 15 is 0 Å². The molecule has 0 saturated carbocycles. The lowest BCUT2D eigenvalue weighted by Crippen LogP contribution is -2.05. The van der Waals surface area contributed by atoms with Crippen molar-refractivity contribution in [2.24, 2.45) is 0 Å². The van der Waals surface area contributed by atoms with Crippen LogP contribution in [-0.2, 0) is 0 Å². The largest absolute Gasteiger partial charge is 0.508 e. The van der Waals surface area contributed by atoms with Gasteiger partial charge >= 0.3 is 0 Å². The van der Waals surface area contributed by atoms with Gasteiger partial charge in [-0.1, -0.05) is 51.2 Å². The van der Waals surface area contributed by atoms with Gasteiger partial charge in [0.1, 0.15) is 5.75 Å². The van der Waals surface area contributed by atoms with E-state index in [1.54, 1.807) is 24.3 Å². The fourth-order valence-corrected chi connectivity index (χ4v) is 2.41. The molecule has 3 heteroatoms. The summed E-state index contributed by atoms with van der Waals surface area (Å²) in [6, 6.07) is 6.74. The van der Waals surface area contributed by atoms with Crippen LogP contribution in [0.2, 0.25) is 0 Å². The number of hydrogen-bond acceptors (Lipinski definition) is 3. The Hall–Kier alpha value is -1.06. The van der Waals surface area contributed by atoms with Gasteiger partial charge in [0, 0.05) is 0 Å². The quantitative estimate of drug-likeness (QED) is 0.569. The number of aliphatic hydroxyl groups excluding tert-OH is 2. The van der Waals surface area contributed by atoms with Crippen molar-refractivity contribution >= 4 is 0 Å².